The van der Waals surface area contributed by atoms with Gasteiger partial charge in [0.15, 0.2) is 0 Å². The fraction of sp³-hybridized carbons (Fsp3) is 0.200. The normalized spacial score (nSPS) is 11.0. The summed E-state index contributed by atoms with van der Waals surface area (Å²) in [4.78, 5) is 21.0. The summed E-state index contributed by atoms with van der Waals surface area (Å²) in [6, 6.07) is 0. The third kappa shape index (κ3) is 3.71. The van der Waals surface area contributed by atoms with Crippen LogP contribution in [0, 0.1) is 0 Å². The van der Waals surface area contributed by atoms with Crippen LogP contribution in [-0.4, -0.2) is 18.9 Å². The zero-order valence-electron chi connectivity index (χ0n) is 5.46. The lowest BCUT2D eigenvalue weighted by Gasteiger charge is -1.89. The first-order valence-electron chi connectivity index (χ1n) is 2.47. The fourth-order valence-electron chi connectivity index (χ4n) is 0.292. The Hall–Kier alpha value is -0.260. The van der Waals surface area contributed by atoms with Crippen molar-refractivity contribution in [1.29, 1.82) is 0 Å². The predicted molar refractivity (Wildman–Crippen MR) is 44.2 cm³/mol. The van der Waals surface area contributed by atoms with Crippen molar-refractivity contribution in [3.63, 3.8) is 0 Å². The number of carbonyl (C=O) groups is 2. The molecule has 0 aliphatic rings. The van der Waals surface area contributed by atoms with Crippen molar-refractivity contribution in [2.75, 3.05) is 7.11 Å². The van der Waals surface area contributed by atoms with Crippen molar-refractivity contribution in [2.45, 2.75) is 0 Å². The van der Waals surface area contributed by atoms with Gasteiger partial charge >= 0.3 is 5.97 Å². The van der Waals surface area contributed by atoms with Crippen molar-refractivity contribution >= 4 is 29.0 Å². The lowest BCUT2D eigenvalue weighted by atomic mass is 10.4. The van der Waals surface area contributed by atoms with Gasteiger partial charge in [-0.2, -0.15) is 0 Å². The fourth-order valence-corrected chi connectivity index (χ4v) is 0.829. The minimum absolute atomic E-state index is 0.452. The summed E-state index contributed by atoms with van der Waals surface area (Å²) in [5.41, 5.74) is 0. The van der Waals surface area contributed by atoms with Crippen LogP contribution in [0.5, 0.6) is 0 Å². The molecule has 0 saturated carbocycles. The molecule has 0 fully saturated rings. The molecule has 0 aromatic carbocycles. The topological polar surface area (TPSA) is 43.4 Å². The molecule has 0 amide bonds. The number of hydrogen-bond acceptors (Lipinski definition) is 3. The van der Waals surface area contributed by atoms with Crippen molar-refractivity contribution in [3.05, 3.63) is 11.9 Å². The van der Waals surface area contributed by atoms with Crippen LogP contribution < -0.4 is 0 Å². The Labute approximate surface area is 63.1 Å². The zero-order chi connectivity index (χ0) is 7.98. The minimum atomic E-state index is -0.820. The number of ether oxygens (including phenoxy) is 1. The van der Waals surface area contributed by atoms with E-state index in [1.807, 2.05) is 0 Å². The smallest absolute Gasteiger partial charge is 0.378 e. The van der Waals surface area contributed by atoms with E-state index in [4.69, 9.17) is 0 Å². The van der Waals surface area contributed by atoms with Crippen molar-refractivity contribution in [1.82, 2.24) is 0 Å². The van der Waals surface area contributed by atoms with Crippen molar-refractivity contribution < 1.29 is 14.3 Å². The van der Waals surface area contributed by atoms with Crippen LogP contribution in [-0.2, 0) is 14.3 Å². The van der Waals surface area contributed by atoms with Gasteiger partial charge < -0.3 is 4.74 Å². The van der Waals surface area contributed by atoms with Gasteiger partial charge in [0.1, 0.15) is 0 Å². The maximum absolute atomic E-state index is 10.6. The van der Waals surface area contributed by atoms with E-state index < -0.39 is 11.8 Å². The average molecular weight is 178 g/mol. The Morgan fingerprint density at radius 1 is 1.60 bits per heavy atom. The van der Waals surface area contributed by atoms with Crippen molar-refractivity contribution in [2.24, 2.45) is 0 Å². The molecule has 2 unspecified atom stereocenters. The van der Waals surface area contributed by atoms with E-state index in [2.05, 4.69) is 13.7 Å². The van der Waals surface area contributed by atoms with E-state index in [0.717, 1.165) is 0 Å². The molecule has 0 heterocycles. The van der Waals surface area contributed by atoms with Crippen LogP contribution in [0.4, 0.5) is 0 Å². The Bertz CT molecular complexity index is 164. The van der Waals surface area contributed by atoms with Crippen LogP contribution >= 0.6 is 17.2 Å². The van der Waals surface area contributed by atoms with E-state index >= 15 is 0 Å². The first-order chi connectivity index (χ1) is 4.72. The lowest BCUT2D eigenvalue weighted by Crippen LogP contribution is -2.11. The SMILES string of the molecule is COC(=O)C(=O)/C=C/PP. The standard InChI is InChI=1S/C5H8O3P2/c1-8-5(7)4(6)2-3-10-9/h2-3,10H,9H2,1H3/b3-2+. The zero-order valence-corrected chi connectivity index (χ0v) is 7.61. The number of methoxy groups -OCH3 is 1. The molecule has 0 bridgehead atoms. The molecule has 56 valence electrons. The largest absolute Gasteiger partial charge is 0.463 e. The maximum atomic E-state index is 10.6. The number of carbonyl (C=O) groups excluding carboxylic acids is 2. The summed E-state index contributed by atoms with van der Waals surface area (Å²) in [6.07, 6.45) is 1.21. The molecule has 5 heteroatoms. The van der Waals surface area contributed by atoms with E-state index in [0.29, 0.717) is 8.27 Å². The molecule has 0 aliphatic carbocycles. The summed E-state index contributed by atoms with van der Waals surface area (Å²) in [6.45, 7) is 0. The van der Waals surface area contributed by atoms with Crippen LogP contribution in [0.1, 0.15) is 0 Å². The molecule has 10 heavy (non-hydrogen) atoms. The molecule has 0 saturated heterocycles. The highest BCUT2D eigenvalue weighted by Crippen LogP contribution is 2.20. The highest BCUT2D eigenvalue weighted by molar-refractivity contribution is 8.04. The number of rotatable bonds is 3. The molecule has 3 nitrogen and oxygen atoms in total. The van der Waals surface area contributed by atoms with Crippen LogP contribution in [0.3, 0.4) is 0 Å². The lowest BCUT2D eigenvalue weighted by molar-refractivity contribution is -0.149. The van der Waals surface area contributed by atoms with Gasteiger partial charge in [0, 0.05) is 0 Å². The third-order valence-corrected chi connectivity index (χ3v) is 1.65. The molecule has 0 radical (unpaired) electrons. The molecular formula is C5H8O3P2. The average Bonchev–Trinajstić information content (AvgIpc) is 1.98. The quantitative estimate of drug-likeness (QED) is 0.276. The third-order valence-electron chi connectivity index (χ3n) is 0.718. The molecule has 0 rings (SSSR count). The second-order valence-corrected chi connectivity index (χ2v) is 3.02. The van der Waals surface area contributed by atoms with Gasteiger partial charge in [-0.25, -0.2) is 4.79 Å². The number of esters is 1. The molecule has 2 atom stereocenters. The van der Waals surface area contributed by atoms with Gasteiger partial charge in [0.2, 0.25) is 0 Å². The van der Waals surface area contributed by atoms with Gasteiger partial charge in [0.25, 0.3) is 5.78 Å². The Morgan fingerprint density at radius 2 is 2.20 bits per heavy atom. The summed E-state index contributed by atoms with van der Waals surface area (Å²) in [5.74, 6) is 0.168. The second-order valence-electron chi connectivity index (χ2n) is 1.36. The summed E-state index contributed by atoms with van der Waals surface area (Å²) < 4.78 is 4.17. The van der Waals surface area contributed by atoms with Gasteiger partial charge in [-0.3, -0.25) is 4.79 Å². The van der Waals surface area contributed by atoms with Gasteiger partial charge in [-0.1, -0.05) is 14.1 Å². The van der Waals surface area contributed by atoms with E-state index in [1.54, 1.807) is 5.82 Å². The summed E-state index contributed by atoms with van der Waals surface area (Å²) in [7, 11) is 4.06. The van der Waals surface area contributed by atoms with E-state index in [1.165, 1.54) is 13.2 Å². The molecule has 0 aromatic rings. The highest BCUT2D eigenvalue weighted by Gasteiger charge is 2.07. The molecule has 0 aromatic heterocycles. The Kier molecular flexibility index (Phi) is 5.38. The van der Waals surface area contributed by atoms with Crippen LogP contribution in [0.15, 0.2) is 11.9 Å². The van der Waals surface area contributed by atoms with Crippen molar-refractivity contribution in [3.8, 4) is 0 Å². The molecule has 0 spiro atoms. The summed E-state index contributed by atoms with van der Waals surface area (Å²) in [5, 5.41) is 0. The minimum Gasteiger partial charge on any atom is -0.463 e. The predicted octanol–water partition coefficient (Wildman–Crippen LogP) is 0.711. The maximum Gasteiger partial charge on any atom is 0.378 e. The van der Waals surface area contributed by atoms with Crippen LogP contribution in [0.25, 0.3) is 0 Å². The first kappa shape index (κ1) is 9.74. The molecular weight excluding hydrogens is 170 g/mol. The van der Waals surface area contributed by atoms with Gasteiger partial charge in [0.05, 0.1) is 7.11 Å². The molecule has 0 aliphatic heterocycles. The van der Waals surface area contributed by atoms with E-state index in [9.17, 15) is 9.59 Å². The Balaban J connectivity index is 3.85. The first-order valence-corrected chi connectivity index (χ1v) is 5.36. The molecule has 0 N–H and O–H groups in total. The van der Waals surface area contributed by atoms with Gasteiger partial charge in [-0.05, 0) is 6.08 Å². The van der Waals surface area contributed by atoms with Crippen LogP contribution in [0.2, 0.25) is 0 Å². The number of ketones is 1. The highest BCUT2D eigenvalue weighted by atomic mass is 32.0. The number of hydrogen-bond donors (Lipinski definition) is 0. The monoisotopic (exact) mass is 178 g/mol. The van der Waals surface area contributed by atoms with E-state index in [-0.39, 0.29) is 0 Å². The second kappa shape index (κ2) is 5.52. The van der Waals surface area contributed by atoms with Gasteiger partial charge in [-0.15, -0.1) is 8.93 Å². The summed E-state index contributed by atoms with van der Waals surface area (Å²) >= 11 is 0. The Morgan fingerprint density at radius 3 is 2.60 bits per heavy atom.